The summed E-state index contributed by atoms with van der Waals surface area (Å²) in [6.45, 7) is 0.916. The number of methoxy groups -OCH3 is 1. The molecule has 0 heterocycles. The Morgan fingerprint density at radius 1 is 1.16 bits per heavy atom. The maximum atomic E-state index is 5.33. The van der Waals surface area contributed by atoms with Gasteiger partial charge in [-0.05, 0) is 30.3 Å². The minimum Gasteiger partial charge on any atom is -0.496 e. The molecule has 2 nitrogen and oxygen atoms in total. The van der Waals surface area contributed by atoms with Crippen molar-refractivity contribution in [3.8, 4) is 5.75 Å². The summed E-state index contributed by atoms with van der Waals surface area (Å²) in [6, 6.07) is 16.3. The van der Waals surface area contributed by atoms with Gasteiger partial charge in [-0.3, -0.25) is 0 Å². The second-order valence-electron chi connectivity index (χ2n) is 3.94. The molecule has 0 fully saturated rings. The molecule has 4 heteroatoms. The summed E-state index contributed by atoms with van der Waals surface area (Å²) in [5.74, 6) is 1.93. The monoisotopic (exact) mass is 337 g/mol. The van der Waals surface area contributed by atoms with Crippen molar-refractivity contribution < 1.29 is 4.74 Å². The van der Waals surface area contributed by atoms with Crippen molar-refractivity contribution in [2.75, 3.05) is 24.7 Å². The van der Waals surface area contributed by atoms with Gasteiger partial charge in [0.1, 0.15) is 5.75 Å². The molecule has 2 rings (SSSR count). The highest BCUT2D eigenvalue weighted by Gasteiger charge is 2.01. The first kappa shape index (κ1) is 14.3. The van der Waals surface area contributed by atoms with Gasteiger partial charge in [0.15, 0.2) is 0 Å². The molecule has 0 atom stereocenters. The second-order valence-corrected chi connectivity index (χ2v) is 5.99. The number of ether oxygens (including phenoxy) is 1. The van der Waals surface area contributed by atoms with E-state index in [9.17, 15) is 0 Å². The molecule has 0 amide bonds. The Morgan fingerprint density at radius 2 is 2.00 bits per heavy atom. The van der Waals surface area contributed by atoms with Gasteiger partial charge in [0.05, 0.1) is 7.11 Å². The normalized spacial score (nSPS) is 10.2. The number of para-hydroxylation sites is 1. The highest BCUT2D eigenvalue weighted by atomic mass is 79.9. The maximum Gasteiger partial charge on any atom is 0.132 e. The fourth-order valence-corrected chi connectivity index (χ4v) is 2.98. The van der Waals surface area contributed by atoms with Gasteiger partial charge in [0.2, 0.25) is 0 Å². The van der Waals surface area contributed by atoms with Crippen LogP contribution in [-0.4, -0.2) is 19.4 Å². The lowest BCUT2D eigenvalue weighted by Gasteiger charge is -2.09. The molecule has 0 aliphatic carbocycles. The van der Waals surface area contributed by atoms with Gasteiger partial charge in [-0.1, -0.05) is 34.1 Å². The largest absolute Gasteiger partial charge is 0.496 e. The van der Waals surface area contributed by atoms with Crippen molar-refractivity contribution in [2.24, 2.45) is 0 Å². The van der Waals surface area contributed by atoms with Crippen LogP contribution in [0.15, 0.2) is 57.9 Å². The quantitative estimate of drug-likeness (QED) is 0.611. The van der Waals surface area contributed by atoms with Crippen molar-refractivity contribution >= 4 is 33.4 Å². The number of rotatable bonds is 6. The van der Waals surface area contributed by atoms with E-state index in [1.165, 1.54) is 4.90 Å². The van der Waals surface area contributed by atoms with Gasteiger partial charge in [0.25, 0.3) is 0 Å². The number of halogens is 1. The molecule has 100 valence electrons. The second kappa shape index (κ2) is 7.46. The van der Waals surface area contributed by atoms with Crippen LogP contribution in [0.3, 0.4) is 0 Å². The molecule has 0 bridgehead atoms. The highest BCUT2D eigenvalue weighted by Crippen LogP contribution is 2.28. The fraction of sp³-hybridized carbons (Fsp3) is 0.200. The first-order chi connectivity index (χ1) is 9.29. The maximum absolute atomic E-state index is 5.33. The average Bonchev–Trinajstić information content (AvgIpc) is 2.44. The van der Waals surface area contributed by atoms with Gasteiger partial charge in [-0.15, -0.1) is 11.8 Å². The molecular formula is C15H16BrNOS. The number of anilines is 1. The third-order valence-corrected chi connectivity index (χ3v) is 4.13. The van der Waals surface area contributed by atoms with Crippen molar-refractivity contribution in [1.82, 2.24) is 0 Å². The summed E-state index contributed by atoms with van der Waals surface area (Å²) in [4.78, 5) is 1.18. The Kier molecular flexibility index (Phi) is 5.61. The van der Waals surface area contributed by atoms with Crippen LogP contribution >= 0.6 is 27.7 Å². The standard InChI is InChI=1S/C15H16BrNOS/c1-18-14-7-2-3-8-15(14)19-10-9-17-13-6-4-5-12(16)11-13/h2-8,11,17H,9-10H2,1H3. The minimum atomic E-state index is 0.916. The van der Waals surface area contributed by atoms with Crippen LogP contribution in [0.2, 0.25) is 0 Å². The number of hydrogen-bond acceptors (Lipinski definition) is 3. The molecule has 2 aromatic rings. The van der Waals surface area contributed by atoms with E-state index >= 15 is 0 Å². The van der Waals surface area contributed by atoms with Crippen molar-refractivity contribution in [1.29, 1.82) is 0 Å². The zero-order valence-corrected chi connectivity index (χ0v) is 13.1. The van der Waals surface area contributed by atoms with Crippen molar-refractivity contribution in [3.63, 3.8) is 0 Å². The molecule has 1 N–H and O–H groups in total. The summed E-state index contributed by atoms with van der Waals surface area (Å²) < 4.78 is 6.42. The Balaban J connectivity index is 1.81. The zero-order chi connectivity index (χ0) is 13.5. The van der Waals surface area contributed by atoms with Crippen LogP contribution < -0.4 is 10.1 Å². The van der Waals surface area contributed by atoms with Crippen LogP contribution in [0.4, 0.5) is 5.69 Å². The molecule has 0 aliphatic heterocycles. The molecule has 0 saturated heterocycles. The third-order valence-electron chi connectivity index (χ3n) is 2.58. The van der Waals surface area contributed by atoms with Crippen molar-refractivity contribution in [3.05, 3.63) is 53.0 Å². The SMILES string of the molecule is COc1ccccc1SCCNc1cccc(Br)c1. The number of nitrogens with one attached hydrogen (secondary N) is 1. The van der Waals surface area contributed by atoms with E-state index in [0.717, 1.165) is 28.2 Å². The molecule has 0 aliphatic rings. The van der Waals surface area contributed by atoms with E-state index < -0.39 is 0 Å². The van der Waals surface area contributed by atoms with Gasteiger partial charge in [-0.25, -0.2) is 0 Å². The van der Waals surface area contributed by atoms with E-state index in [1.807, 2.05) is 30.3 Å². The zero-order valence-electron chi connectivity index (χ0n) is 10.7. The Labute approximate surface area is 126 Å². The van der Waals surface area contributed by atoms with Crippen LogP contribution in [0.1, 0.15) is 0 Å². The molecule has 19 heavy (non-hydrogen) atoms. The average molecular weight is 338 g/mol. The molecule has 0 spiro atoms. The van der Waals surface area contributed by atoms with Crippen molar-refractivity contribution in [2.45, 2.75) is 4.90 Å². The highest BCUT2D eigenvalue weighted by molar-refractivity contribution is 9.10. The molecule has 0 saturated carbocycles. The molecular weight excluding hydrogens is 322 g/mol. The van der Waals surface area contributed by atoms with Crippen LogP contribution in [0, 0.1) is 0 Å². The lowest BCUT2D eigenvalue weighted by molar-refractivity contribution is 0.405. The Hall–Kier alpha value is -1.13. The van der Waals surface area contributed by atoms with Gasteiger partial charge in [0, 0.05) is 27.4 Å². The summed E-state index contributed by atoms with van der Waals surface area (Å²) in [7, 11) is 1.71. The van der Waals surface area contributed by atoms with Gasteiger partial charge >= 0.3 is 0 Å². The smallest absolute Gasteiger partial charge is 0.132 e. The van der Waals surface area contributed by atoms with Crippen LogP contribution in [0.5, 0.6) is 5.75 Å². The number of thioether (sulfide) groups is 1. The summed E-state index contributed by atoms with van der Waals surface area (Å²) >= 11 is 5.26. The van der Waals surface area contributed by atoms with E-state index in [0.29, 0.717) is 0 Å². The first-order valence-corrected chi connectivity index (χ1v) is 7.83. The number of hydrogen-bond donors (Lipinski definition) is 1. The van der Waals surface area contributed by atoms with E-state index in [-0.39, 0.29) is 0 Å². The predicted octanol–water partition coefficient (Wildman–Crippen LogP) is 4.66. The topological polar surface area (TPSA) is 21.3 Å². The summed E-state index contributed by atoms with van der Waals surface area (Å²) in [5, 5.41) is 3.40. The lowest BCUT2D eigenvalue weighted by atomic mass is 10.3. The van der Waals surface area contributed by atoms with E-state index in [1.54, 1.807) is 18.9 Å². The Bertz CT molecular complexity index is 533. The Morgan fingerprint density at radius 3 is 2.79 bits per heavy atom. The minimum absolute atomic E-state index is 0.916. The van der Waals surface area contributed by atoms with E-state index in [2.05, 4.69) is 39.4 Å². The molecule has 0 radical (unpaired) electrons. The summed E-state index contributed by atoms with van der Waals surface area (Å²) in [6.07, 6.45) is 0. The summed E-state index contributed by atoms with van der Waals surface area (Å²) in [5.41, 5.74) is 1.13. The molecule has 0 unspecified atom stereocenters. The fourth-order valence-electron chi connectivity index (χ4n) is 1.69. The van der Waals surface area contributed by atoms with Gasteiger partial charge in [-0.2, -0.15) is 0 Å². The lowest BCUT2D eigenvalue weighted by Crippen LogP contribution is -2.03. The van der Waals surface area contributed by atoms with E-state index in [4.69, 9.17) is 4.74 Å². The first-order valence-electron chi connectivity index (χ1n) is 6.05. The number of benzene rings is 2. The molecule has 2 aromatic carbocycles. The molecule has 0 aromatic heterocycles. The van der Waals surface area contributed by atoms with Gasteiger partial charge < -0.3 is 10.1 Å². The van der Waals surface area contributed by atoms with Crippen LogP contribution in [-0.2, 0) is 0 Å². The predicted molar refractivity (Wildman–Crippen MR) is 86.3 cm³/mol. The third kappa shape index (κ3) is 4.48. The van der Waals surface area contributed by atoms with Crippen LogP contribution in [0.25, 0.3) is 0 Å².